The lowest BCUT2D eigenvalue weighted by Crippen LogP contribution is -2.54. The van der Waals surface area contributed by atoms with Crippen LogP contribution in [0.2, 0.25) is 0 Å². The van der Waals surface area contributed by atoms with Crippen LogP contribution >= 0.6 is 0 Å². The number of amides is 2. The summed E-state index contributed by atoms with van der Waals surface area (Å²) in [5, 5.41) is 14.8. The normalized spacial score (nSPS) is 14.8. The predicted molar refractivity (Wildman–Crippen MR) is 123 cm³/mol. The summed E-state index contributed by atoms with van der Waals surface area (Å²) in [4.78, 5) is 23.9. The number of nitrogens with one attached hydrogen (secondary N) is 3. The quantitative estimate of drug-likeness (QED) is 0.248. The van der Waals surface area contributed by atoms with Gasteiger partial charge in [0.1, 0.15) is 6.04 Å². The zero-order valence-corrected chi connectivity index (χ0v) is 18.0. The Morgan fingerprint density at radius 2 is 1.84 bits per heavy atom. The molecule has 2 aromatic carbocycles. The maximum Gasteiger partial charge on any atom is 0.267 e. The molecule has 1 saturated carbocycles. The molecule has 32 heavy (non-hydrogen) atoms. The number of hydrogen-bond donors (Lipinski definition) is 5. The number of hydrogen-bond acceptors (Lipinski definition) is 5. The topological polar surface area (TPSA) is 116 Å². The molecule has 0 radical (unpaired) electrons. The van der Waals surface area contributed by atoms with Crippen LogP contribution in [0.4, 0.5) is 0 Å². The maximum atomic E-state index is 12.3. The lowest BCUT2D eigenvalue weighted by atomic mass is 10.1. The lowest BCUT2D eigenvalue weighted by molar-refractivity contribution is -0.131. The zero-order chi connectivity index (χ0) is 22.9. The highest BCUT2D eigenvalue weighted by Crippen LogP contribution is 2.19. The molecule has 0 bridgehead atoms. The minimum Gasteiger partial charge on any atom is -0.339 e. The molecule has 166 valence electrons. The fourth-order valence-corrected chi connectivity index (χ4v) is 2.99. The van der Waals surface area contributed by atoms with Crippen molar-refractivity contribution in [2.75, 3.05) is 0 Å². The van der Waals surface area contributed by atoms with Gasteiger partial charge in [0.05, 0.1) is 0 Å². The van der Waals surface area contributed by atoms with Crippen molar-refractivity contribution in [2.45, 2.75) is 44.4 Å². The van der Waals surface area contributed by atoms with Crippen molar-refractivity contribution < 1.29 is 14.8 Å². The molecular weight excluding hydrogens is 404 g/mol. The Hall–Kier alpha value is -3.44. The first kappa shape index (κ1) is 23.2. The first-order valence-corrected chi connectivity index (χ1v) is 10.6. The third kappa shape index (κ3) is 7.06. The molecule has 1 aliphatic rings. The average Bonchev–Trinajstić information content (AvgIpc) is 3.64. The van der Waals surface area contributed by atoms with Gasteiger partial charge in [0.15, 0.2) is 0 Å². The van der Waals surface area contributed by atoms with Gasteiger partial charge in [0.25, 0.3) is 11.8 Å². The number of nitrogens with two attached hydrogens (primary N) is 1. The Labute approximate surface area is 188 Å². The molecule has 1 fully saturated rings. The number of carbonyl (C=O) groups is 2. The van der Waals surface area contributed by atoms with E-state index in [2.05, 4.69) is 46.7 Å². The van der Waals surface area contributed by atoms with Crippen LogP contribution in [-0.2, 0) is 11.3 Å². The molecule has 3 rings (SSSR count). The highest BCUT2D eigenvalue weighted by Gasteiger charge is 2.24. The van der Waals surface area contributed by atoms with E-state index in [0.29, 0.717) is 11.6 Å². The van der Waals surface area contributed by atoms with Gasteiger partial charge in [-0.1, -0.05) is 36.1 Å². The van der Waals surface area contributed by atoms with Crippen LogP contribution in [0.25, 0.3) is 6.08 Å². The van der Waals surface area contributed by atoms with Crippen LogP contribution in [0.3, 0.4) is 0 Å². The molecule has 0 heterocycles. The number of rotatable bonds is 8. The van der Waals surface area contributed by atoms with Crippen LogP contribution in [0.5, 0.6) is 0 Å². The molecule has 7 nitrogen and oxygen atoms in total. The first-order chi connectivity index (χ1) is 15.5. The summed E-state index contributed by atoms with van der Waals surface area (Å²) in [5.74, 6) is 4.78. The highest BCUT2D eigenvalue weighted by atomic mass is 16.5. The molecule has 0 aliphatic heterocycles. The minimum atomic E-state index is -1.04. The summed E-state index contributed by atoms with van der Waals surface area (Å²) in [6, 6.07) is 14.1. The Morgan fingerprint density at radius 1 is 1.16 bits per heavy atom. The summed E-state index contributed by atoms with van der Waals surface area (Å²) < 4.78 is 0. The molecule has 6 N–H and O–H groups in total. The molecule has 0 unspecified atom stereocenters. The van der Waals surface area contributed by atoms with Crippen molar-refractivity contribution in [3.05, 3.63) is 76.9 Å². The molecule has 2 aromatic rings. The highest BCUT2D eigenvalue weighted by molar-refractivity contribution is 5.97. The van der Waals surface area contributed by atoms with Gasteiger partial charge >= 0.3 is 0 Å². The standard InChI is InChI=1S/C25H28N4O3/c1-17(26)23(25(31)29-32)28-24(30)21-12-10-19(11-13-21)5-3-2-4-18-6-8-20(9-7-18)16-27-22-14-15-22/h2,4,6-13,17,22-23,27,32H,14-16,26H2,1H3,(H,28,30)(H,29,31)/t17-,23+/m1/s1. The number of hydroxylamine groups is 1. The van der Waals surface area contributed by atoms with Gasteiger partial charge in [-0.25, -0.2) is 5.48 Å². The monoisotopic (exact) mass is 432 g/mol. The van der Waals surface area contributed by atoms with Crippen LogP contribution in [-0.4, -0.2) is 35.1 Å². The summed E-state index contributed by atoms with van der Waals surface area (Å²) in [6.07, 6.45) is 6.31. The smallest absolute Gasteiger partial charge is 0.267 e. The molecule has 0 aromatic heterocycles. The van der Waals surface area contributed by atoms with E-state index in [4.69, 9.17) is 10.9 Å². The van der Waals surface area contributed by atoms with Crippen LogP contribution < -0.4 is 21.8 Å². The van der Waals surface area contributed by atoms with Crippen LogP contribution in [0.15, 0.2) is 54.6 Å². The predicted octanol–water partition coefficient (Wildman–Crippen LogP) is 1.95. The van der Waals surface area contributed by atoms with Gasteiger partial charge in [0, 0.05) is 29.8 Å². The third-order valence-corrected chi connectivity index (χ3v) is 5.08. The minimum absolute atomic E-state index is 0.360. The number of allylic oxidation sites excluding steroid dienone is 1. The fourth-order valence-electron chi connectivity index (χ4n) is 2.99. The van der Waals surface area contributed by atoms with E-state index in [1.54, 1.807) is 37.3 Å². The molecule has 0 saturated heterocycles. The van der Waals surface area contributed by atoms with Gasteiger partial charge in [-0.3, -0.25) is 14.8 Å². The first-order valence-electron chi connectivity index (χ1n) is 10.6. The molecule has 1 aliphatic carbocycles. The lowest BCUT2D eigenvalue weighted by Gasteiger charge is -2.19. The van der Waals surface area contributed by atoms with E-state index in [9.17, 15) is 9.59 Å². The van der Waals surface area contributed by atoms with E-state index in [0.717, 1.165) is 17.7 Å². The van der Waals surface area contributed by atoms with Crippen molar-refractivity contribution in [3.63, 3.8) is 0 Å². The van der Waals surface area contributed by atoms with Crippen molar-refractivity contribution in [1.82, 2.24) is 16.1 Å². The van der Waals surface area contributed by atoms with Gasteiger partial charge in [-0.05, 0) is 67.3 Å². The maximum absolute atomic E-state index is 12.3. The summed E-state index contributed by atoms with van der Waals surface area (Å²) in [5.41, 5.74) is 10.7. The molecule has 0 spiro atoms. The van der Waals surface area contributed by atoms with Gasteiger partial charge in [-0.2, -0.15) is 0 Å². The largest absolute Gasteiger partial charge is 0.339 e. The van der Waals surface area contributed by atoms with E-state index in [1.807, 2.05) is 6.08 Å². The molecule has 7 heteroatoms. The Bertz CT molecular complexity index is 1010. The van der Waals surface area contributed by atoms with E-state index in [1.165, 1.54) is 23.9 Å². The van der Waals surface area contributed by atoms with E-state index < -0.39 is 23.9 Å². The van der Waals surface area contributed by atoms with Crippen molar-refractivity contribution in [1.29, 1.82) is 0 Å². The van der Waals surface area contributed by atoms with Crippen LogP contribution in [0, 0.1) is 11.8 Å². The fraction of sp³-hybridized carbons (Fsp3) is 0.280. The van der Waals surface area contributed by atoms with Crippen molar-refractivity contribution in [2.24, 2.45) is 5.73 Å². The van der Waals surface area contributed by atoms with Gasteiger partial charge in [-0.15, -0.1) is 0 Å². The second-order valence-electron chi connectivity index (χ2n) is 7.86. The van der Waals surface area contributed by atoms with E-state index >= 15 is 0 Å². The second kappa shape index (κ2) is 11.3. The Morgan fingerprint density at radius 3 is 2.44 bits per heavy atom. The Kier molecular flexibility index (Phi) is 8.17. The van der Waals surface area contributed by atoms with E-state index in [-0.39, 0.29) is 0 Å². The van der Waals surface area contributed by atoms with Gasteiger partial charge < -0.3 is 16.4 Å². The van der Waals surface area contributed by atoms with Crippen molar-refractivity contribution >= 4 is 17.9 Å². The zero-order valence-electron chi connectivity index (χ0n) is 18.0. The number of carbonyl (C=O) groups excluding carboxylic acids is 2. The van der Waals surface area contributed by atoms with Gasteiger partial charge in [0.2, 0.25) is 0 Å². The summed E-state index contributed by atoms with van der Waals surface area (Å²) >= 11 is 0. The summed E-state index contributed by atoms with van der Waals surface area (Å²) in [6.45, 7) is 2.47. The Balaban J connectivity index is 1.53. The second-order valence-corrected chi connectivity index (χ2v) is 7.86. The van der Waals surface area contributed by atoms with Crippen LogP contribution in [0.1, 0.15) is 46.8 Å². The molecule has 2 amide bonds. The molecular formula is C25H28N4O3. The third-order valence-electron chi connectivity index (χ3n) is 5.08. The number of benzene rings is 2. The van der Waals surface area contributed by atoms with Crippen molar-refractivity contribution in [3.8, 4) is 11.8 Å². The summed E-state index contributed by atoms with van der Waals surface area (Å²) in [7, 11) is 0. The molecule has 2 atom stereocenters. The SMILES string of the molecule is C[C@@H](N)[C@H](NC(=O)c1ccc(C#CC=Cc2ccc(CNC3CC3)cc2)cc1)C(=O)NO. The average molecular weight is 433 g/mol.